The zero-order chi connectivity index (χ0) is 20.1. The molecule has 1 amide bonds. The molecular formula is C20H20FN3O3S. The lowest BCUT2D eigenvalue weighted by molar-refractivity contribution is -0.111. The Morgan fingerprint density at radius 1 is 1.14 bits per heavy atom. The fourth-order valence-electron chi connectivity index (χ4n) is 2.74. The molecule has 2 aromatic carbocycles. The van der Waals surface area contributed by atoms with Gasteiger partial charge in [-0.1, -0.05) is 12.1 Å². The van der Waals surface area contributed by atoms with Gasteiger partial charge in [0.1, 0.15) is 11.7 Å². The van der Waals surface area contributed by atoms with E-state index in [1.54, 1.807) is 18.2 Å². The van der Waals surface area contributed by atoms with Crippen molar-refractivity contribution >= 4 is 33.5 Å². The van der Waals surface area contributed by atoms with E-state index in [1.165, 1.54) is 42.5 Å². The molecule has 0 saturated carbocycles. The monoisotopic (exact) mass is 401 g/mol. The molecule has 0 bridgehead atoms. The molecule has 1 aliphatic heterocycles. The molecule has 6 nitrogen and oxygen atoms in total. The summed E-state index contributed by atoms with van der Waals surface area (Å²) in [6.45, 7) is 0.796. The van der Waals surface area contributed by atoms with Gasteiger partial charge in [-0.2, -0.15) is 8.42 Å². The van der Waals surface area contributed by atoms with E-state index in [1.807, 2.05) is 11.9 Å². The molecule has 0 atom stereocenters. The van der Waals surface area contributed by atoms with Gasteiger partial charge in [-0.15, -0.1) is 4.40 Å². The first kappa shape index (κ1) is 19.8. The van der Waals surface area contributed by atoms with Crippen LogP contribution in [0.3, 0.4) is 0 Å². The number of hydrogen-bond acceptors (Lipinski definition) is 3. The van der Waals surface area contributed by atoms with E-state index in [9.17, 15) is 17.6 Å². The lowest BCUT2D eigenvalue weighted by atomic mass is 10.2. The number of carbonyl (C=O) groups excluding carboxylic acids is 1. The van der Waals surface area contributed by atoms with Gasteiger partial charge in [0.05, 0.1) is 4.90 Å². The molecule has 1 aliphatic rings. The number of nitrogens with zero attached hydrogens (tertiary/aromatic N) is 2. The number of halogens is 1. The highest BCUT2D eigenvalue weighted by Gasteiger charge is 2.20. The summed E-state index contributed by atoms with van der Waals surface area (Å²) in [5.74, 6) is -0.169. The fourth-order valence-corrected chi connectivity index (χ4v) is 3.83. The normalized spacial score (nSPS) is 16.1. The number of benzene rings is 2. The zero-order valence-corrected chi connectivity index (χ0v) is 16.1. The van der Waals surface area contributed by atoms with Crippen molar-refractivity contribution in [1.82, 2.24) is 4.90 Å². The first-order valence-electron chi connectivity index (χ1n) is 8.73. The van der Waals surface area contributed by atoms with Crippen molar-refractivity contribution in [2.24, 2.45) is 4.40 Å². The second kappa shape index (κ2) is 8.35. The average Bonchev–Trinajstić information content (AvgIpc) is 3.06. The second-order valence-corrected chi connectivity index (χ2v) is 8.01. The molecule has 1 N–H and O–H groups in total. The van der Waals surface area contributed by atoms with Gasteiger partial charge in [0.15, 0.2) is 0 Å². The second-order valence-electron chi connectivity index (χ2n) is 6.41. The smallest absolute Gasteiger partial charge is 0.283 e. The summed E-state index contributed by atoms with van der Waals surface area (Å²) >= 11 is 0. The minimum atomic E-state index is -3.78. The van der Waals surface area contributed by atoms with Crippen LogP contribution in [0.1, 0.15) is 18.4 Å². The van der Waals surface area contributed by atoms with Crippen molar-refractivity contribution < 1.29 is 17.6 Å². The first-order valence-corrected chi connectivity index (χ1v) is 10.2. The number of carbonyl (C=O) groups is 1. The SMILES string of the molecule is CN1CCC/C1=N\S(=O)(=O)c1ccc(NC(=O)/C=C/c2ccc(F)cc2)cc1. The molecule has 1 fully saturated rings. The van der Waals surface area contributed by atoms with Crippen molar-refractivity contribution in [2.75, 3.05) is 18.9 Å². The maximum atomic E-state index is 12.9. The Kier molecular flexibility index (Phi) is 5.89. The Labute approximate surface area is 163 Å². The minimum Gasteiger partial charge on any atom is -0.362 e. The quantitative estimate of drug-likeness (QED) is 0.780. The van der Waals surface area contributed by atoms with Crippen molar-refractivity contribution in [1.29, 1.82) is 0 Å². The van der Waals surface area contributed by atoms with Crippen molar-refractivity contribution in [3.05, 3.63) is 66.0 Å². The van der Waals surface area contributed by atoms with E-state index in [0.29, 0.717) is 23.5 Å². The Balaban J connectivity index is 1.65. The number of anilines is 1. The van der Waals surface area contributed by atoms with Crippen LogP contribution in [0.4, 0.5) is 10.1 Å². The van der Waals surface area contributed by atoms with Gasteiger partial charge in [0.2, 0.25) is 5.91 Å². The van der Waals surface area contributed by atoms with E-state index in [0.717, 1.165) is 13.0 Å². The van der Waals surface area contributed by atoms with Crippen molar-refractivity contribution in [3.63, 3.8) is 0 Å². The molecular weight excluding hydrogens is 381 g/mol. The maximum Gasteiger partial charge on any atom is 0.283 e. The minimum absolute atomic E-state index is 0.0696. The van der Waals surface area contributed by atoms with Gasteiger partial charge in [-0.05, 0) is 54.5 Å². The van der Waals surface area contributed by atoms with Gasteiger partial charge in [0.25, 0.3) is 10.0 Å². The van der Waals surface area contributed by atoms with E-state index < -0.39 is 10.0 Å². The van der Waals surface area contributed by atoms with Crippen LogP contribution in [0.25, 0.3) is 6.08 Å². The predicted molar refractivity (Wildman–Crippen MR) is 107 cm³/mol. The van der Waals surface area contributed by atoms with E-state index in [2.05, 4.69) is 9.71 Å². The van der Waals surface area contributed by atoms with Crippen molar-refractivity contribution in [3.8, 4) is 0 Å². The molecule has 0 radical (unpaired) electrons. The first-order chi connectivity index (χ1) is 13.3. The number of amidine groups is 1. The summed E-state index contributed by atoms with van der Waals surface area (Å²) < 4.78 is 41.6. The standard InChI is InChI=1S/C20H20FN3O3S/c1-24-14-2-3-19(24)23-28(26,27)18-11-9-17(10-12-18)22-20(25)13-6-15-4-7-16(21)8-5-15/h4-13H,2-3,14H2,1H3,(H,22,25)/b13-6+,23-19+. The fraction of sp³-hybridized carbons (Fsp3) is 0.200. The Morgan fingerprint density at radius 2 is 1.82 bits per heavy atom. The summed E-state index contributed by atoms with van der Waals surface area (Å²) in [6.07, 6.45) is 4.41. The van der Waals surface area contributed by atoms with Gasteiger partial charge in [-0.3, -0.25) is 4.79 Å². The predicted octanol–water partition coefficient (Wildman–Crippen LogP) is 3.29. The summed E-state index contributed by atoms with van der Waals surface area (Å²) in [7, 11) is -1.96. The van der Waals surface area contributed by atoms with Crippen LogP contribution in [-0.2, 0) is 14.8 Å². The molecule has 0 spiro atoms. The summed E-state index contributed by atoms with van der Waals surface area (Å²) in [4.78, 5) is 13.9. The molecule has 0 aliphatic carbocycles. The van der Waals surface area contributed by atoms with Gasteiger partial charge < -0.3 is 10.2 Å². The number of nitrogens with one attached hydrogen (secondary N) is 1. The van der Waals surface area contributed by atoms with Crippen LogP contribution in [0.15, 0.2) is 63.9 Å². The Morgan fingerprint density at radius 3 is 2.43 bits per heavy atom. The molecule has 0 aromatic heterocycles. The third-order valence-electron chi connectivity index (χ3n) is 4.28. The number of amides is 1. The Hall–Kier alpha value is -3.00. The van der Waals surface area contributed by atoms with E-state index in [4.69, 9.17) is 0 Å². The van der Waals surface area contributed by atoms with Crippen LogP contribution in [-0.4, -0.2) is 38.7 Å². The molecule has 8 heteroatoms. The van der Waals surface area contributed by atoms with Gasteiger partial charge in [-0.25, -0.2) is 4.39 Å². The van der Waals surface area contributed by atoms with Gasteiger partial charge in [0, 0.05) is 31.8 Å². The molecule has 1 saturated heterocycles. The number of rotatable bonds is 5. The Bertz CT molecular complexity index is 1010. The lowest BCUT2D eigenvalue weighted by Gasteiger charge is -2.11. The zero-order valence-electron chi connectivity index (χ0n) is 15.3. The average molecular weight is 401 g/mol. The third-order valence-corrected chi connectivity index (χ3v) is 5.60. The molecule has 3 rings (SSSR count). The van der Waals surface area contributed by atoms with Crippen LogP contribution >= 0.6 is 0 Å². The highest BCUT2D eigenvalue weighted by Crippen LogP contribution is 2.19. The molecule has 1 heterocycles. The van der Waals surface area contributed by atoms with Crippen LogP contribution in [0, 0.1) is 5.82 Å². The van der Waals surface area contributed by atoms with E-state index >= 15 is 0 Å². The summed E-state index contributed by atoms with van der Waals surface area (Å²) in [6, 6.07) is 11.6. The molecule has 146 valence electrons. The highest BCUT2D eigenvalue weighted by atomic mass is 32.2. The highest BCUT2D eigenvalue weighted by molar-refractivity contribution is 7.90. The van der Waals surface area contributed by atoms with Crippen molar-refractivity contribution in [2.45, 2.75) is 17.7 Å². The van der Waals surface area contributed by atoms with Crippen LogP contribution in [0.5, 0.6) is 0 Å². The topological polar surface area (TPSA) is 78.8 Å². The summed E-state index contributed by atoms with van der Waals surface area (Å²) in [5.41, 5.74) is 1.15. The van der Waals surface area contributed by atoms with Crippen LogP contribution in [0.2, 0.25) is 0 Å². The third kappa shape index (κ3) is 5.04. The van der Waals surface area contributed by atoms with Gasteiger partial charge >= 0.3 is 0 Å². The maximum absolute atomic E-state index is 12.9. The molecule has 28 heavy (non-hydrogen) atoms. The lowest BCUT2D eigenvalue weighted by Crippen LogP contribution is -2.20. The molecule has 0 unspecified atom stereocenters. The molecule has 2 aromatic rings. The summed E-state index contributed by atoms with van der Waals surface area (Å²) in [5, 5.41) is 2.64. The number of likely N-dealkylation sites (tertiary alicyclic amines) is 1. The number of sulfonamides is 1. The van der Waals surface area contributed by atoms with Crippen LogP contribution < -0.4 is 5.32 Å². The largest absolute Gasteiger partial charge is 0.362 e. The number of hydrogen-bond donors (Lipinski definition) is 1. The van der Waals surface area contributed by atoms with E-state index in [-0.39, 0.29) is 16.6 Å².